The predicted octanol–water partition coefficient (Wildman–Crippen LogP) is 6.96. The second-order valence-electron chi connectivity index (χ2n) is 8.88. The highest BCUT2D eigenvalue weighted by Gasteiger charge is 2.28. The van der Waals surface area contributed by atoms with Crippen molar-refractivity contribution >= 4 is 17.3 Å². The first-order valence-corrected chi connectivity index (χ1v) is 11.4. The number of benzene rings is 3. The molecule has 1 unspecified atom stereocenters. The Kier molecular flexibility index (Phi) is 8.45. The lowest BCUT2D eigenvalue weighted by atomic mass is 9.81. The summed E-state index contributed by atoms with van der Waals surface area (Å²) in [7, 11) is 0. The maximum absolute atomic E-state index is 14.2. The van der Waals surface area contributed by atoms with Crippen molar-refractivity contribution in [2.75, 3.05) is 0 Å². The number of hydrogen-bond donors (Lipinski definition) is 1. The smallest absolute Gasteiger partial charge is 0.221 e. The van der Waals surface area contributed by atoms with Crippen LogP contribution < -0.4 is 5.32 Å². The van der Waals surface area contributed by atoms with Gasteiger partial charge in [-0.3, -0.25) is 9.59 Å². The van der Waals surface area contributed by atoms with Gasteiger partial charge in [0.15, 0.2) is 23.2 Å². The zero-order valence-corrected chi connectivity index (χ0v) is 20.5. The molecule has 0 heterocycles. The third-order valence-electron chi connectivity index (χ3n) is 6.07. The zero-order valence-electron chi connectivity index (χ0n) is 20.5. The molecule has 0 aliphatic heterocycles. The van der Waals surface area contributed by atoms with Gasteiger partial charge in [0.25, 0.3) is 0 Å². The molecule has 7 heteroatoms. The number of amides is 1. The van der Waals surface area contributed by atoms with Crippen molar-refractivity contribution in [1.82, 2.24) is 5.32 Å². The van der Waals surface area contributed by atoms with Crippen LogP contribution in [0.25, 0.3) is 5.57 Å². The Balaban J connectivity index is 0.00000481. The third-order valence-corrected chi connectivity index (χ3v) is 6.07. The summed E-state index contributed by atoms with van der Waals surface area (Å²) < 4.78 is 55.8. The Hall–Kier alpha value is -3.74. The minimum Gasteiger partial charge on any atom is -0.352 e. The first-order chi connectivity index (χ1) is 17.0. The number of Topliss-reactive ketones (excluding diaryl/α,β-unsaturated/α-hetero) is 1. The van der Waals surface area contributed by atoms with E-state index in [9.17, 15) is 27.2 Å². The fraction of sp³-hybridized carbons (Fsp3) is 0.241. The van der Waals surface area contributed by atoms with E-state index in [1.165, 1.54) is 19.1 Å². The van der Waals surface area contributed by atoms with Crippen LogP contribution in [0.1, 0.15) is 55.4 Å². The number of carbonyl (C=O) groups is 2. The fourth-order valence-electron chi connectivity index (χ4n) is 4.44. The summed E-state index contributed by atoms with van der Waals surface area (Å²) in [6.45, 7) is 6.62. The molecule has 0 fully saturated rings. The molecule has 0 aliphatic rings. The molecule has 36 heavy (non-hydrogen) atoms. The van der Waals surface area contributed by atoms with Gasteiger partial charge in [-0.1, -0.05) is 30.3 Å². The Bertz CT molecular complexity index is 1310. The number of ketones is 1. The largest absolute Gasteiger partial charge is 0.352 e. The Labute approximate surface area is 209 Å². The summed E-state index contributed by atoms with van der Waals surface area (Å²) in [6, 6.07) is 13.3. The highest BCUT2D eigenvalue weighted by molar-refractivity contribution is 6.03. The summed E-state index contributed by atoms with van der Waals surface area (Å²) >= 11 is 0. The first-order valence-electron chi connectivity index (χ1n) is 11.4. The highest BCUT2D eigenvalue weighted by atomic mass is 19.2. The van der Waals surface area contributed by atoms with Gasteiger partial charge in [-0.05, 0) is 85.4 Å². The van der Waals surface area contributed by atoms with E-state index in [2.05, 4.69) is 5.32 Å². The Morgan fingerprint density at radius 1 is 0.917 bits per heavy atom. The van der Waals surface area contributed by atoms with Gasteiger partial charge in [-0.15, -0.1) is 0 Å². The number of hydrogen-bond acceptors (Lipinski definition) is 2. The minimum absolute atomic E-state index is 0. The minimum atomic E-state index is -1.63. The third kappa shape index (κ3) is 6.27. The summed E-state index contributed by atoms with van der Waals surface area (Å²) in [5.74, 6) is -6.87. The topological polar surface area (TPSA) is 46.2 Å². The van der Waals surface area contributed by atoms with Gasteiger partial charge in [0, 0.05) is 25.9 Å². The number of rotatable bonds is 8. The lowest BCUT2D eigenvalue weighted by Crippen LogP contribution is -2.26. The average molecular weight is 500 g/mol. The molecule has 3 nitrogen and oxygen atoms in total. The number of halogens is 4. The van der Waals surface area contributed by atoms with Crippen LogP contribution in [-0.2, 0) is 16.1 Å². The van der Waals surface area contributed by atoms with Gasteiger partial charge in [0.05, 0.1) is 0 Å². The van der Waals surface area contributed by atoms with Crippen LogP contribution in [-0.4, -0.2) is 11.7 Å². The molecule has 1 amide bonds. The molecule has 0 bridgehead atoms. The molecular formula is C29H29F4NO2. The average Bonchev–Trinajstić information content (AvgIpc) is 2.80. The number of allylic oxidation sites excluding steroid dienone is 2. The molecule has 0 spiro atoms. The van der Waals surface area contributed by atoms with E-state index in [4.69, 9.17) is 0 Å². The molecule has 0 radical (unpaired) electrons. The van der Waals surface area contributed by atoms with E-state index < -0.39 is 35.1 Å². The van der Waals surface area contributed by atoms with E-state index in [-0.39, 0.29) is 31.3 Å². The van der Waals surface area contributed by atoms with Gasteiger partial charge >= 0.3 is 0 Å². The van der Waals surface area contributed by atoms with E-state index in [0.29, 0.717) is 16.7 Å². The molecule has 0 aliphatic carbocycles. The van der Waals surface area contributed by atoms with Gasteiger partial charge in [0.1, 0.15) is 5.82 Å². The number of aryl methyl sites for hydroxylation is 2. The second-order valence-corrected chi connectivity index (χ2v) is 8.88. The molecule has 3 aromatic rings. The van der Waals surface area contributed by atoms with E-state index in [0.717, 1.165) is 23.3 Å². The van der Waals surface area contributed by atoms with E-state index >= 15 is 0 Å². The van der Waals surface area contributed by atoms with Gasteiger partial charge < -0.3 is 5.32 Å². The predicted molar refractivity (Wildman–Crippen MR) is 133 cm³/mol. The van der Waals surface area contributed by atoms with E-state index in [1.807, 2.05) is 25.1 Å². The van der Waals surface area contributed by atoms with Crippen LogP contribution in [0.15, 0.2) is 60.2 Å². The zero-order chi connectivity index (χ0) is 26.6. The van der Waals surface area contributed by atoms with Crippen LogP contribution in [0.2, 0.25) is 0 Å². The molecule has 0 aromatic heterocycles. The van der Waals surface area contributed by atoms with E-state index in [1.54, 1.807) is 26.0 Å². The molecule has 3 aromatic carbocycles. The molecule has 3 rings (SSSR count). The highest BCUT2D eigenvalue weighted by Crippen LogP contribution is 2.36. The molecule has 0 saturated carbocycles. The lowest BCUT2D eigenvalue weighted by molar-refractivity contribution is -0.121. The van der Waals surface area contributed by atoms with Crippen LogP contribution in [0.5, 0.6) is 0 Å². The van der Waals surface area contributed by atoms with Crippen LogP contribution in [0.3, 0.4) is 0 Å². The molecule has 0 saturated heterocycles. The SMILES string of the molecule is CC(=O)/C(=C(/C)c1ccccc1C)C(CC(=O)NCc1cc(C)cc(F)c1)c1cc(F)c(F)c(F)c1.[HH]. The Morgan fingerprint density at radius 3 is 2.14 bits per heavy atom. The maximum atomic E-state index is 14.2. The van der Waals surface area contributed by atoms with Gasteiger partial charge in [0.2, 0.25) is 5.91 Å². The molecule has 190 valence electrons. The standard InChI is InChI=1S/C29H27F4NO2.H2/c1-16-9-20(11-22(30)10-16)15-34-27(36)14-24(21-12-25(31)29(33)26(32)13-21)28(19(4)35)18(3)23-8-6-5-7-17(23)2;/h5-13,24H,14-15H2,1-4H3,(H,34,36);1H/b28-18+;. The molecule has 1 atom stereocenters. The number of nitrogens with one attached hydrogen (secondary N) is 1. The van der Waals surface area contributed by atoms with Crippen molar-refractivity contribution in [3.8, 4) is 0 Å². The summed E-state index contributed by atoms with van der Waals surface area (Å²) in [5, 5.41) is 2.68. The van der Waals surface area contributed by atoms with Gasteiger partial charge in [-0.25, -0.2) is 17.6 Å². The summed E-state index contributed by atoms with van der Waals surface area (Å²) in [4.78, 5) is 25.8. The van der Waals surface area contributed by atoms with Crippen molar-refractivity contribution in [3.63, 3.8) is 0 Å². The molecule has 1 N–H and O–H groups in total. The van der Waals surface area contributed by atoms with Crippen molar-refractivity contribution in [1.29, 1.82) is 0 Å². The Morgan fingerprint density at radius 2 is 1.56 bits per heavy atom. The molecular weight excluding hydrogens is 470 g/mol. The van der Waals surface area contributed by atoms with Crippen molar-refractivity contribution < 1.29 is 28.6 Å². The maximum Gasteiger partial charge on any atom is 0.221 e. The van der Waals surface area contributed by atoms with Crippen molar-refractivity contribution in [3.05, 3.63) is 111 Å². The quantitative estimate of drug-likeness (QED) is 0.207. The van der Waals surface area contributed by atoms with Crippen molar-refractivity contribution in [2.24, 2.45) is 0 Å². The van der Waals surface area contributed by atoms with Gasteiger partial charge in [-0.2, -0.15) is 0 Å². The van der Waals surface area contributed by atoms with Crippen LogP contribution in [0.4, 0.5) is 17.6 Å². The lowest BCUT2D eigenvalue weighted by Gasteiger charge is -2.23. The van der Waals surface area contributed by atoms with Crippen LogP contribution >= 0.6 is 0 Å². The van der Waals surface area contributed by atoms with Crippen LogP contribution in [0, 0.1) is 37.1 Å². The monoisotopic (exact) mass is 499 g/mol. The second kappa shape index (κ2) is 11.3. The fourth-order valence-corrected chi connectivity index (χ4v) is 4.44. The summed E-state index contributed by atoms with van der Waals surface area (Å²) in [5.41, 5.74) is 3.53. The summed E-state index contributed by atoms with van der Waals surface area (Å²) in [6.07, 6.45) is -0.336. The number of carbonyl (C=O) groups excluding carboxylic acids is 2. The normalized spacial score (nSPS) is 12.7. The van der Waals surface area contributed by atoms with Crippen molar-refractivity contribution in [2.45, 2.75) is 46.6 Å². The first kappa shape index (κ1) is 26.9.